The van der Waals surface area contributed by atoms with Crippen molar-refractivity contribution in [2.24, 2.45) is 0 Å². The second kappa shape index (κ2) is 78.8. The maximum Gasteiger partial charge on any atom is 0.472 e. The van der Waals surface area contributed by atoms with Crippen molar-refractivity contribution in [1.82, 2.24) is 0 Å². The second-order valence-electron chi connectivity index (χ2n) is 30.6. The Labute approximate surface area is 610 Å². The van der Waals surface area contributed by atoms with E-state index in [1.165, 1.54) is 340 Å². The van der Waals surface area contributed by atoms with Crippen molar-refractivity contribution < 1.29 is 42.1 Å². The number of phosphoric ester groups is 1. The molecule has 0 fully saturated rings. The molecule has 0 aromatic heterocycles. The van der Waals surface area contributed by atoms with E-state index in [0.717, 1.165) is 64.2 Å². The van der Waals surface area contributed by atoms with Crippen LogP contribution in [0.25, 0.3) is 0 Å². The van der Waals surface area contributed by atoms with Gasteiger partial charge in [0.25, 0.3) is 0 Å². The van der Waals surface area contributed by atoms with E-state index < -0.39 is 26.5 Å². The van der Waals surface area contributed by atoms with Crippen LogP contribution in [-0.2, 0) is 32.7 Å². The summed E-state index contributed by atoms with van der Waals surface area (Å²) < 4.78 is 34.9. The smallest absolute Gasteiger partial charge is 0.462 e. The number of esters is 2. The molecule has 0 aromatic carbocycles. The van der Waals surface area contributed by atoms with Crippen LogP contribution >= 0.6 is 7.82 Å². The van der Waals surface area contributed by atoms with E-state index in [9.17, 15) is 19.0 Å². The maximum absolute atomic E-state index is 12.9. The second-order valence-corrected chi connectivity index (χ2v) is 32.0. The van der Waals surface area contributed by atoms with Gasteiger partial charge in [0.05, 0.1) is 27.7 Å². The maximum atomic E-state index is 12.9. The molecule has 0 aliphatic rings. The van der Waals surface area contributed by atoms with Crippen LogP contribution in [0.15, 0.2) is 60.8 Å². The highest BCUT2D eigenvalue weighted by Crippen LogP contribution is 2.43. The molecule has 9 nitrogen and oxygen atoms in total. The third kappa shape index (κ3) is 82.7. The number of hydrogen-bond acceptors (Lipinski definition) is 7. The highest BCUT2D eigenvalue weighted by atomic mass is 31.2. The van der Waals surface area contributed by atoms with Gasteiger partial charge in [-0.2, -0.15) is 0 Å². The van der Waals surface area contributed by atoms with E-state index in [1.807, 2.05) is 21.1 Å². The number of ether oxygens (including phenoxy) is 2. The third-order valence-corrected chi connectivity index (χ3v) is 20.5. The highest BCUT2D eigenvalue weighted by Gasteiger charge is 2.27. The molecule has 0 heterocycles. The topological polar surface area (TPSA) is 108 Å². The summed E-state index contributed by atoms with van der Waals surface area (Å²) in [6, 6.07) is 0. The van der Waals surface area contributed by atoms with Crippen molar-refractivity contribution in [2.75, 3.05) is 47.5 Å². The lowest BCUT2D eigenvalue weighted by Crippen LogP contribution is -2.37. The standard InChI is InChI=1S/C88H166NO8P/c1-6-8-10-12-14-16-18-20-22-24-26-28-30-32-34-36-38-40-42-43-44-45-47-48-50-52-54-56-58-60-62-64-66-68-70-72-74-76-78-80-87(90)94-84-86(85-96-98(92,93)95-83-82-89(3,4)5)97-88(91)81-79-77-75-73-71-69-67-65-63-61-59-57-55-53-51-49-46-41-39-37-35-33-31-29-27-25-23-21-19-17-15-13-11-9-7-2/h9,11,15,17,21,23,27,29,33,35,86H,6-8,10,12-14,16,18-20,22,24-26,28,30-32,34,36-85H2,1-5H3/p+1/b11-9-,17-15-,23-21-,29-27-,35-33-. The Morgan fingerprint density at radius 1 is 0.327 bits per heavy atom. The molecule has 10 heteroatoms. The molecule has 0 aliphatic carbocycles. The molecule has 576 valence electrons. The Bertz CT molecular complexity index is 1840. The predicted molar refractivity (Wildman–Crippen MR) is 427 cm³/mol. The van der Waals surface area contributed by atoms with Crippen LogP contribution in [0.1, 0.15) is 438 Å². The van der Waals surface area contributed by atoms with Crippen molar-refractivity contribution in [2.45, 2.75) is 444 Å². The van der Waals surface area contributed by atoms with Gasteiger partial charge in [-0.05, 0) is 57.8 Å². The molecule has 0 spiro atoms. The first-order valence-corrected chi connectivity index (χ1v) is 44.5. The van der Waals surface area contributed by atoms with Crippen molar-refractivity contribution in [1.29, 1.82) is 0 Å². The Kier molecular flexibility index (Phi) is 77.0. The molecular weight excluding hydrogens is 1230 g/mol. The number of unbranched alkanes of at least 4 members (excludes halogenated alkanes) is 57. The fourth-order valence-corrected chi connectivity index (χ4v) is 13.8. The van der Waals surface area contributed by atoms with E-state index in [1.54, 1.807) is 0 Å². The first-order chi connectivity index (χ1) is 48.0. The van der Waals surface area contributed by atoms with Crippen molar-refractivity contribution >= 4 is 19.8 Å². The van der Waals surface area contributed by atoms with Gasteiger partial charge < -0.3 is 18.9 Å². The van der Waals surface area contributed by atoms with E-state index in [0.29, 0.717) is 23.9 Å². The fourth-order valence-electron chi connectivity index (χ4n) is 13.1. The summed E-state index contributed by atoms with van der Waals surface area (Å²) >= 11 is 0. The molecule has 0 aromatic rings. The number of nitrogens with zero attached hydrogens (tertiary/aromatic N) is 1. The lowest BCUT2D eigenvalue weighted by molar-refractivity contribution is -0.870. The molecule has 0 saturated heterocycles. The Morgan fingerprint density at radius 2 is 0.582 bits per heavy atom. The van der Waals surface area contributed by atoms with Crippen LogP contribution < -0.4 is 0 Å². The minimum atomic E-state index is -4.40. The van der Waals surface area contributed by atoms with Crippen LogP contribution in [0.3, 0.4) is 0 Å². The quantitative estimate of drug-likeness (QED) is 0.0211. The van der Waals surface area contributed by atoms with Gasteiger partial charge in [-0.1, -0.05) is 428 Å². The van der Waals surface area contributed by atoms with Gasteiger partial charge in [0, 0.05) is 12.8 Å². The minimum Gasteiger partial charge on any atom is -0.462 e. The van der Waals surface area contributed by atoms with Gasteiger partial charge in [0.1, 0.15) is 19.8 Å². The molecule has 0 amide bonds. The first-order valence-electron chi connectivity index (χ1n) is 43.0. The van der Waals surface area contributed by atoms with Crippen LogP contribution in [0.5, 0.6) is 0 Å². The van der Waals surface area contributed by atoms with Gasteiger partial charge in [-0.3, -0.25) is 18.6 Å². The number of rotatable bonds is 81. The Balaban J connectivity index is 3.87. The van der Waals surface area contributed by atoms with Crippen molar-refractivity contribution in [3.05, 3.63) is 60.8 Å². The lowest BCUT2D eigenvalue weighted by Gasteiger charge is -2.24. The fraction of sp³-hybridized carbons (Fsp3) is 0.864. The number of quaternary nitrogens is 1. The number of allylic oxidation sites excluding steroid dienone is 10. The van der Waals surface area contributed by atoms with Gasteiger partial charge in [-0.25, -0.2) is 4.57 Å². The molecule has 98 heavy (non-hydrogen) atoms. The summed E-state index contributed by atoms with van der Waals surface area (Å²) in [6.07, 6.45) is 107. The molecule has 1 N–H and O–H groups in total. The monoisotopic (exact) mass is 1400 g/mol. The molecule has 0 rings (SSSR count). The Hall–Kier alpha value is -2.29. The molecule has 2 atom stereocenters. The zero-order chi connectivity index (χ0) is 71.1. The van der Waals surface area contributed by atoms with Gasteiger partial charge >= 0.3 is 19.8 Å². The summed E-state index contributed by atoms with van der Waals surface area (Å²) in [5.74, 6) is -0.772. The number of likely N-dealkylation sites (N-methyl/N-ethyl adjacent to an activating group) is 1. The van der Waals surface area contributed by atoms with Crippen molar-refractivity contribution in [3.63, 3.8) is 0 Å². The summed E-state index contributed by atoms with van der Waals surface area (Å²) in [5.41, 5.74) is 0. The number of carbonyl (C=O) groups is 2. The minimum absolute atomic E-state index is 0.0341. The number of carbonyl (C=O) groups excluding carboxylic acids is 2. The van der Waals surface area contributed by atoms with Crippen LogP contribution in [-0.4, -0.2) is 74.9 Å². The van der Waals surface area contributed by atoms with E-state index in [2.05, 4.69) is 74.6 Å². The lowest BCUT2D eigenvalue weighted by atomic mass is 10.0. The molecule has 0 radical (unpaired) electrons. The zero-order valence-corrected chi connectivity index (χ0v) is 66.9. The highest BCUT2D eigenvalue weighted by molar-refractivity contribution is 7.47. The number of hydrogen-bond donors (Lipinski definition) is 1. The van der Waals surface area contributed by atoms with Gasteiger partial charge in [-0.15, -0.1) is 0 Å². The van der Waals surface area contributed by atoms with E-state index in [-0.39, 0.29) is 25.6 Å². The van der Waals surface area contributed by atoms with Crippen LogP contribution in [0, 0.1) is 0 Å². The summed E-state index contributed by atoms with van der Waals surface area (Å²) in [5, 5.41) is 0. The molecule has 0 bridgehead atoms. The first kappa shape index (κ1) is 95.7. The largest absolute Gasteiger partial charge is 0.472 e. The SMILES string of the molecule is CC/C=C\C/C=C\C/C=C\C/C=C\C/C=C\CCCCCCCCCCCCCCCCCCCCCC(=O)OC(COC(=O)CCCCCCCCCCCCCCCCCCCCCCCCCCCCCCCCCCCCCCCCC)COP(=O)(O)OCC[N+](C)(C)C. The number of phosphoric acid groups is 1. The third-order valence-electron chi connectivity index (χ3n) is 19.6. The molecule has 0 aliphatic heterocycles. The zero-order valence-electron chi connectivity index (χ0n) is 66.0. The normalized spacial score (nSPS) is 13.2. The summed E-state index contributed by atoms with van der Waals surface area (Å²) in [6.45, 7) is 4.40. The molecular formula is C88H167NO8P+. The van der Waals surface area contributed by atoms with Gasteiger partial charge in [0.2, 0.25) is 0 Å². The van der Waals surface area contributed by atoms with Gasteiger partial charge in [0.15, 0.2) is 6.10 Å². The van der Waals surface area contributed by atoms with Crippen LogP contribution in [0.2, 0.25) is 0 Å². The molecule has 2 unspecified atom stereocenters. The van der Waals surface area contributed by atoms with E-state index >= 15 is 0 Å². The average molecular weight is 1400 g/mol. The van der Waals surface area contributed by atoms with Crippen LogP contribution in [0.4, 0.5) is 0 Å². The summed E-state index contributed by atoms with van der Waals surface area (Å²) in [4.78, 5) is 36.0. The predicted octanol–water partition coefficient (Wildman–Crippen LogP) is 28.8. The van der Waals surface area contributed by atoms with E-state index in [4.69, 9.17) is 18.5 Å². The summed E-state index contributed by atoms with van der Waals surface area (Å²) in [7, 11) is 1.50. The van der Waals surface area contributed by atoms with Crippen molar-refractivity contribution in [3.8, 4) is 0 Å². The Morgan fingerprint density at radius 3 is 0.867 bits per heavy atom. The average Bonchev–Trinajstić information content (AvgIpc) is 1.08. The molecule has 0 saturated carbocycles.